The van der Waals surface area contributed by atoms with Crippen LogP contribution >= 0.6 is 0 Å². The summed E-state index contributed by atoms with van der Waals surface area (Å²) in [4.78, 5) is 4.19. The summed E-state index contributed by atoms with van der Waals surface area (Å²) in [6.07, 6.45) is 10.1. The van der Waals surface area contributed by atoms with Crippen LogP contribution in [0.3, 0.4) is 0 Å². The molecule has 1 aliphatic carbocycles. The lowest BCUT2D eigenvalue weighted by Crippen LogP contribution is -2.37. The Labute approximate surface area is 90.4 Å². The van der Waals surface area contributed by atoms with Gasteiger partial charge in [0.15, 0.2) is 0 Å². The molecule has 78 valence electrons. The third kappa shape index (κ3) is 1.70. The van der Waals surface area contributed by atoms with E-state index >= 15 is 0 Å². The number of pyridine rings is 1. The predicted molar refractivity (Wildman–Crippen MR) is 61.3 cm³/mol. The Hall–Kier alpha value is -1.15. The molecule has 2 aliphatic rings. The average molecular weight is 200 g/mol. The molecule has 1 aromatic rings. The highest BCUT2D eigenvalue weighted by Gasteiger charge is 2.29. The number of nitrogens with one attached hydrogen (secondary N) is 1. The van der Waals surface area contributed by atoms with E-state index in [0.29, 0.717) is 6.04 Å². The van der Waals surface area contributed by atoms with Crippen molar-refractivity contribution in [2.45, 2.75) is 25.3 Å². The molecule has 1 aliphatic heterocycles. The van der Waals surface area contributed by atoms with Gasteiger partial charge in [-0.25, -0.2) is 0 Å². The zero-order valence-corrected chi connectivity index (χ0v) is 8.82. The quantitative estimate of drug-likeness (QED) is 0.752. The summed E-state index contributed by atoms with van der Waals surface area (Å²) in [5.41, 5.74) is 2.78. The van der Waals surface area contributed by atoms with Crippen LogP contribution in [-0.2, 0) is 0 Å². The Morgan fingerprint density at radius 3 is 3.20 bits per heavy atom. The van der Waals surface area contributed by atoms with Crippen molar-refractivity contribution in [2.75, 3.05) is 6.54 Å². The SMILES string of the molecule is C1=C(c2cccnc2)CC2NCCCC12. The largest absolute Gasteiger partial charge is 0.313 e. The second kappa shape index (κ2) is 3.78. The molecule has 1 N–H and O–H groups in total. The van der Waals surface area contributed by atoms with Crippen molar-refractivity contribution in [1.29, 1.82) is 0 Å². The molecule has 1 fully saturated rings. The summed E-state index contributed by atoms with van der Waals surface area (Å²) in [7, 11) is 0. The van der Waals surface area contributed by atoms with E-state index in [2.05, 4.69) is 22.4 Å². The van der Waals surface area contributed by atoms with E-state index < -0.39 is 0 Å². The van der Waals surface area contributed by atoms with Gasteiger partial charge in [-0.15, -0.1) is 0 Å². The maximum absolute atomic E-state index is 4.19. The van der Waals surface area contributed by atoms with E-state index in [9.17, 15) is 0 Å². The molecule has 0 spiro atoms. The highest BCUT2D eigenvalue weighted by Crippen LogP contribution is 2.35. The van der Waals surface area contributed by atoms with E-state index in [4.69, 9.17) is 0 Å². The van der Waals surface area contributed by atoms with Crippen molar-refractivity contribution >= 4 is 5.57 Å². The van der Waals surface area contributed by atoms with Gasteiger partial charge in [0.25, 0.3) is 0 Å². The third-order valence-electron chi connectivity index (χ3n) is 3.53. The van der Waals surface area contributed by atoms with Gasteiger partial charge in [-0.1, -0.05) is 12.1 Å². The van der Waals surface area contributed by atoms with E-state index in [1.165, 1.54) is 36.9 Å². The van der Waals surface area contributed by atoms with Gasteiger partial charge < -0.3 is 5.32 Å². The van der Waals surface area contributed by atoms with Crippen LogP contribution in [0, 0.1) is 5.92 Å². The number of hydrogen-bond acceptors (Lipinski definition) is 2. The first kappa shape index (κ1) is 9.10. The molecule has 2 atom stereocenters. The number of nitrogens with zero attached hydrogens (tertiary/aromatic N) is 1. The smallest absolute Gasteiger partial charge is 0.0342 e. The first-order chi connectivity index (χ1) is 7.43. The van der Waals surface area contributed by atoms with Gasteiger partial charge in [0, 0.05) is 18.4 Å². The number of aromatic nitrogens is 1. The summed E-state index contributed by atoms with van der Waals surface area (Å²) < 4.78 is 0. The van der Waals surface area contributed by atoms with Crippen LogP contribution < -0.4 is 5.32 Å². The Balaban J connectivity index is 1.84. The summed E-state index contributed by atoms with van der Waals surface area (Å²) >= 11 is 0. The van der Waals surface area contributed by atoms with Gasteiger partial charge in [-0.2, -0.15) is 0 Å². The highest BCUT2D eigenvalue weighted by molar-refractivity contribution is 5.68. The zero-order valence-electron chi connectivity index (χ0n) is 8.82. The Kier molecular flexibility index (Phi) is 2.29. The summed E-state index contributed by atoms with van der Waals surface area (Å²) in [6, 6.07) is 4.87. The number of rotatable bonds is 1. The predicted octanol–water partition coefficient (Wildman–Crippen LogP) is 2.24. The van der Waals surface area contributed by atoms with Gasteiger partial charge in [-0.3, -0.25) is 4.98 Å². The number of fused-ring (bicyclic) bond motifs is 1. The van der Waals surface area contributed by atoms with Crippen LogP contribution in [0.25, 0.3) is 5.57 Å². The van der Waals surface area contributed by atoms with Crippen molar-refractivity contribution in [3.8, 4) is 0 Å². The van der Waals surface area contributed by atoms with Crippen molar-refractivity contribution < 1.29 is 0 Å². The standard InChI is InChI=1S/C13H16N2/c1-4-11(9-14-5-1)12-7-10-3-2-6-15-13(10)8-12/h1,4-5,7,9-10,13,15H,2-3,6,8H2. The molecule has 0 saturated carbocycles. The molecule has 1 saturated heterocycles. The van der Waals surface area contributed by atoms with Crippen LogP contribution in [0.1, 0.15) is 24.8 Å². The van der Waals surface area contributed by atoms with Gasteiger partial charge >= 0.3 is 0 Å². The normalized spacial score (nSPS) is 29.7. The Morgan fingerprint density at radius 1 is 1.40 bits per heavy atom. The first-order valence-corrected chi connectivity index (χ1v) is 5.78. The zero-order chi connectivity index (χ0) is 10.1. The summed E-state index contributed by atoms with van der Waals surface area (Å²) in [5, 5.41) is 3.61. The molecular weight excluding hydrogens is 184 g/mol. The number of hydrogen-bond donors (Lipinski definition) is 1. The van der Waals surface area contributed by atoms with Gasteiger partial charge in [-0.05, 0) is 48.9 Å². The minimum absolute atomic E-state index is 0.689. The molecule has 0 radical (unpaired) electrons. The molecule has 0 aromatic carbocycles. The summed E-state index contributed by atoms with van der Waals surface area (Å²) in [5.74, 6) is 0.758. The third-order valence-corrected chi connectivity index (χ3v) is 3.53. The molecule has 2 nitrogen and oxygen atoms in total. The summed E-state index contributed by atoms with van der Waals surface area (Å²) in [6.45, 7) is 1.19. The molecule has 15 heavy (non-hydrogen) atoms. The minimum Gasteiger partial charge on any atom is -0.313 e. The monoisotopic (exact) mass is 200 g/mol. The molecule has 2 unspecified atom stereocenters. The lowest BCUT2D eigenvalue weighted by Gasteiger charge is -2.25. The molecule has 3 rings (SSSR count). The van der Waals surface area contributed by atoms with Gasteiger partial charge in [0.05, 0.1) is 0 Å². The molecule has 0 bridgehead atoms. The maximum atomic E-state index is 4.19. The van der Waals surface area contributed by atoms with E-state index in [-0.39, 0.29) is 0 Å². The maximum Gasteiger partial charge on any atom is 0.0342 e. The van der Waals surface area contributed by atoms with E-state index in [1.54, 1.807) is 0 Å². The Morgan fingerprint density at radius 2 is 2.40 bits per heavy atom. The molecule has 2 heterocycles. The fourth-order valence-corrected chi connectivity index (χ4v) is 2.73. The van der Waals surface area contributed by atoms with Crippen molar-refractivity contribution in [1.82, 2.24) is 10.3 Å². The molecule has 2 heteroatoms. The van der Waals surface area contributed by atoms with Crippen LogP contribution in [0.15, 0.2) is 30.6 Å². The van der Waals surface area contributed by atoms with E-state index in [0.717, 1.165) is 5.92 Å². The van der Waals surface area contributed by atoms with Crippen LogP contribution in [0.4, 0.5) is 0 Å². The fourth-order valence-electron chi connectivity index (χ4n) is 2.73. The van der Waals surface area contributed by atoms with Gasteiger partial charge in [0.2, 0.25) is 0 Å². The highest BCUT2D eigenvalue weighted by atomic mass is 14.9. The van der Waals surface area contributed by atoms with Gasteiger partial charge in [0.1, 0.15) is 0 Å². The molecule has 1 aromatic heterocycles. The second-order valence-electron chi connectivity index (χ2n) is 4.50. The minimum atomic E-state index is 0.689. The topological polar surface area (TPSA) is 24.9 Å². The number of piperidine rings is 1. The van der Waals surface area contributed by atoms with Crippen molar-refractivity contribution in [3.63, 3.8) is 0 Å². The first-order valence-electron chi connectivity index (χ1n) is 5.78. The fraction of sp³-hybridized carbons (Fsp3) is 0.462. The Bertz CT molecular complexity index is 369. The lowest BCUT2D eigenvalue weighted by atomic mass is 9.94. The lowest BCUT2D eigenvalue weighted by molar-refractivity contribution is 0.348. The van der Waals surface area contributed by atoms with Crippen molar-refractivity contribution in [2.24, 2.45) is 5.92 Å². The molecular formula is C13H16N2. The van der Waals surface area contributed by atoms with Crippen molar-refractivity contribution in [3.05, 3.63) is 36.2 Å². The van der Waals surface area contributed by atoms with Crippen LogP contribution in [0.5, 0.6) is 0 Å². The average Bonchev–Trinajstić information content (AvgIpc) is 2.74. The van der Waals surface area contributed by atoms with Crippen LogP contribution in [-0.4, -0.2) is 17.6 Å². The van der Waals surface area contributed by atoms with E-state index in [1.807, 2.05) is 18.5 Å². The van der Waals surface area contributed by atoms with Crippen LogP contribution in [0.2, 0.25) is 0 Å². The molecule has 0 amide bonds. The second-order valence-corrected chi connectivity index (χ2v) is 4.50.